The van der Waals surface area contributed by atoms with Gasteiger partial charge in [0.25, 0.3) is 0 Å². The molecule has 20 heavy (non-hydrogen) atoms. The summed E-state index contributed by atoms with van der Waals surface area (Å²) in [5.41, 5.74) is 9.40. The zero-order chi connectivity index (χ0) is 13.7. The first kappa shape index (κ1) is 11.7. The van der Waals surface area contributed by atoms with Gasteiger partial charge >= 0.3 is 0 Å². The molecule has 2 heterocycles. The summed E-state index contributed by atoms with van der Waals surface area (Å²) in [5, 5.41) is 0. The van der Waals surface area contributed by atoms with Crippen LogP contribution in [0.15, 0.2) is 54.6 Å². The van der Waals surface area contributed by atoms with E-state index in [1.807, 2.05) is 29.2 Å². The van der Waals surface area contributed by atoms with E-state index in [0.29, 0.717) is 0 Å². The molecule has 3 nitrogen and oxygen atoms in total. The van der Waals surface area contributed by atoms with Gasteiger partial charge in [-0.25, -0.2) is 0 Å². The molecule has 0 saturated carbocycles. The Morgan fingerprint density at radius 3 is 2.55 bits per heavy atom. The topological polar surface area (TPSA) is 46.3 Å². The largest absolute Gasteiger partial charge is 0.325 e. The minimum absolute atomic E-state index is 0.0587. The Labute approximate surface area is 118 Å². The van der Waals surface area contributed by atoms with Crippen molar-refractivity contribution in [3.05, 3.63) is 71.3 Å². The van der Waals surface area contributed by atoms with Gasteiger partial charge in [0.05, 0.1) is 0 Å². The van der Waals surface area contributed by atoms with Gasteiger partial charge in [0.1, 0.15) is 11.6 Å². The van der Waals surface area contributed by atoms with Crippen molar-refractivity contribution in [2.24, 2.45) is 5.73 Å². The van der Waals surface area contributed by atoms with Gasteiger partial charge in [-0.3, -0.25) is 4.79 Å². The van der Waals surface area contributed by atoms with E-state index in [2.05, 4.69) is 30.3 Å². The summed E-state index contributed by atoms with van der Waals surface area (Å²) in [6.45, 7) is 0.748. The fourth-order valence-electron chi connectivity index (χ4n) is 3.75. The normalized spacial score (nSPS) is 27.6. The van der Waals surface area contributed by atoms with Crippen LogP contribution in [0.25, 0.3) is 0 Å². The molecule has 0 spiro atoms. The number of carbonyl (C=O) groups is 1. The molecule has 2 atom stereocenters. The maximum atomic E-state index is 12.2. The van der Waals surface area contributed by atoms with E-state index in [1.54, 1.807) is 0 Å². The summed E-state index contributed by atoms with van der Waals surface area (Å²) >= 11 is 0. The van der Waals surface area contributed by atoms with Crippen molar-refractivity contribution >= 4 is 5.91 Å². The number of hydrogen-bond donors (Lipinski definition) is 1. The van der Waals surface area contributed by atoms with E-state index in [-0.39, 0.29) is 5.91 Å². The van der Waals surface area contributed by atoms with Crippen LogP contribution in [-0.2, 0) is 16.8 Å². The molecule has 1 fully saturated rings. The van der Waals surface area contributed by atoms with Crippen LogP contribution >= 0.6 is 0 Å². The minimum atomic E-state index is -0.480. The van der Waals surface area contributed by atoms with E-state index >= 15 is 0 Å². The van der Waals surface area contributed by atoms with Crippen LogP contribution in [0.2, 0.25) is 0 Å². The summed E-state index contributed by atoms with van der Waals surface area (Å²) < 4.78 is 0. The van der Waals surface area contributed by atoms with Crippen LogP contribution in [0.3, 0.4) is 0 Å². The molecule has 1 amide bonds. The molecule has 3 heteroatoms. The quantitative estimate of drug-likeness (QED) is 0.796. The first-order valence-corrected chi connectivity index (χ1v) is 6.97. The van der Waals surface area contributed by atoms with Crippen LogP contribution < -0.4 is 5.73 Å². The molecule has 2 aliphatic heterocycles. The highest BCUT2D eigenvalue weighted by atomic mass is 16.2. The number of amides is 1. The average molecular weight is 264 g/mol. The fraction of sp³-hybridized carbons (Fsp3) is 0.235. The SMILES string of the molecule is NC1C(=O)N2CCc3ccccc3C12c1ccccc1. The smallest absolute Gasteiger partial charge is 0.243 e. The summed E-state index contributed by atoms with van der Waals surface area (Å²) in [6.07, 6.45) is 0.906. The number of nitrogens with zero attached hydrogens (tertiary/aromatic N) is 1. The molecule has 1 saturated heterocycles. The van der Waals surface area contributed by atoms with Gasteiger partial charge in [0.15, 0.2) is 0 Å². The van der Waals surface area contributed by atoms with Crippen LogP contribution in [-0.4, -0.2) is 23.4 Å². The van der Waals surface area contributed by atoms with Gasteiger partial charge in [0.2, 0.25) is 5.91 Å². The minimum Gasteiger partial charge on any atom is -0.325 e. The van der Waals surface area contributed by atoms with E-state index in [0.717, 1.165) is 18.5 Å². The number of fused-ring (bicyclic) bond motifs is 3. The van der Waals surface area contributed by atoms with Crippen LogP contribution in [0.1, 0.15) is 16.7 Å². The lowest BCUT2D eigenvalue weighted by molar-refractivity contribution is -0.159. The maximum Gasteiger partial charge on any atom is 0.243 e. The first-order valence-electron chi connectivity index (χ1n) is 6.97. The van der Waals surface area contributed by atoms with Crippen LogP contribution in [0.4, 0.5) is 0 Å². The third-order valence-corrected chi connectivity index (χ3v) is 4.65. The van der Waals surface area contributed by atoms with Crippen molar-refractivity contribution in [2.75, 3.05) is 6.54 Å². The molecule has 2 aliphatic rings. The second-order valence-corrected chi connectivity index (χ2v) is 5.51. The Morgan fingerprint density at radius 1 is 1.05 bits per heavy atom. The fourth-order valence-corrected chi connectivity index (χ4v) is 3.75. The highest BCUT2D eigenvalue weighted by Gasteiger charge is 2.62. The summed E-state index contributed by atoms with van der Waals surface area (Å²) in [4.78, 5) is 14.1. The molecule has 0 aromatic heterocycles. The monoisotopic (exact) mass is 264 g/mol. The van der Waals surface area contributed by atoms with Gasteiger partial charge in [0, 0.05) is 6.54 Å². The molecular weight excluding hydrogens is 248 g/mol. The molecule has 2 aromatic rings. The van der Waals surface area contributed by atoms with E-state index < -0.39 is 11.6 Å². The summed E-state index contributed by atoms with van der Waals surface area (Å²) in [6, 6.07) is 18.0. The third-order valence-electron chi connectivity index (χ3n) is 4.65. The van der Waals surface area contributed by atoms with Crippen LogP contribution in [0.5, 0.6) is 0 Å². The molecule has 0 bridgehead atoms. The summed E-state index contributed by atoms with van der Waals surface area (Å²) in [5.74, 6) is 0.0587. The first-order chi connectivity index (χ1) is 9.76. The number of nitrogens with two attached hydrogens (primary N) is 1. The number of carbonyl (C=O) groups excluding carboxylic acids is 1. The van der Waals surface area contributed by atoms with Crippen molar-refractivity contribution in [1.82, 2.24) is 4.90 Å². The lowest BCUT2D eigenvalue weighted by Gasteiger charge is -2.59. The van der Waals surface area contributed by atoms with Crippen molar-refractivity contribution in [3.8, 4) is 0 Å². The highest BCUT2D eigenvalue weighted by Crippen LogP contribution is 2.49. The van der Waals surface area contributed by atoms with Gasteiger partial charge in [-0.2, -0.15) is 0 Å². The molecule has 2 aromatic carbocycles. The van der Waals surface area contributed by atoms with E-state index in [1.165, 1.54) is 11.1 Å². The summed E-state index contributed by atoms with van der Waals surface area (Å²) in [7, 11) is 0. The Bertz CT molecular complexity index is 682. The van der Waals surface area contributed by atoms with Gasteiger partial charge in [-0.15, -0.1) is 0 Å². The standard InChI is InChI=1S/C17H16N2O/c18-15-16(20)19-11-10-12-6-4-5-9-14(12)17(15,19)13-7-2-1-3-8-13/h1-9,15H,10-11,18H2. The van der Waals surface area contributed by atoms with Crippen molar-refractivity contribution in [2.45, 2.75) is 18.0 Å². The molecule has 100 valence electrons. The Hall–Kier alpha value is -2.13. The van der Waals surface area contributed by atoms with Crippen molar-refractivity contribution in [1.29, 1.82) is 0 Å². The third kappa shape index (κ3) is 1.21. The number of benzene rings is 2. The number of rotatable bonds is 1. The van der Waals surface area contributed by atoms with Crippen molar-refractivity contribution < 1.29 is 4.79 Å². The molecule has 4 rings (SSSR count). The zero-order valence-corrected chi connectivity index (χ0v) is 11.1. The highest BCUT2D eigenvalue weighted by molar-refractivity contribution is 5.94. The molecule has 2 unspecified atom stereocenters. The zero-order valence-electron chi connectivity index (χ0n) is 11.1. The Balaban J connectivity index is 2.00. The number of β-lactam (4-membered cyclic amide) rings is 1. The van der Waals surface area contributed by atoms with Crippen molar-refractivity contribution in [3.63, 3.8) is 0 Å². The number of hydrogen-bond acceptors (Lipinski definition) is 2. The Morgan fingerprint density at radius 2 is 1.75 bits per heavy atom. The van der Waals surface area contributed by atoms with E-state index in [9.17, 15) is 4.79 Å². The second kappa shape index (κ2) is 3.93. The molecular formula is C17H16N2O. The predicted octanol–water partition coefficient (Wildman–Crippen LogP) is 1.66. The molecule has 2 N–H and O–H groups in total. The van der Waals surface area contributed by atoms with Gasteiger partial charge < -0.3 is 10.6 Å². The lowest BCUT2D eigenvalue weighted by atomic mass is 9.65. The Kier molecular flexibility index (Phi) is 2.30. The lowest BCUT2D eigenvalue weighted by Crippen LogP contribution is -2.77. The van der Waals surface area contributed by atoms with Gasteiger partial charge in [-0.1, -0.05) is 54.6 Å². The van der Waals surface area contributed by atoms with E-state index in [4.69, 9.17) is 5.73 Å². The van der Waals surface area contributed by atoms with Gasteiger partial charge in [-0.05, 0) is 23.1 Å². The second-order valence-electron chi connectivity index (χ2n) is 5.51. The average Bonchev–Trinajstić information content (AvgIpc) is 2.53. The molecule has 0 aliphatic carbocycles. The maximum absolute atomic E-state index is 12.2. The molecule has 0 radical (unpaired) electrons. The predicted molar refractivity (Wildman–Crippen MR) is 77.1 cm³/mol. The van der Waals surface area contributed by atoms with Crippen LogP contribution in [0, 0.1) is 0 Å².